The van der Waals surface area contributed by atoms with Crippen molar-refractivity contribution in [3.05, 3.63) is 0 Å². The number of hydrogen-bond donors (Lipinski definition) is 0. The zero-order valence-corrected chi connectivity index (χ0v) is 7.27. The molecule has 0 aromatic carbocycles. The minimum Gasteiger partial charge on any atom is -0.381 e. The average molecular weight is 151 g/mol. The van der Waals surface area contributed by atoms with Gasteiger partial charge in [0.05, 0.1) is 6.10 Å². The Balaban J connectivity index is 3.58. The van der Waals surface area contributed by atoms with Gasteiger partial charge in [0.2, 0.25) is 0 Å². The Morgan fingerprint density at radius 3 is 1.78 bits per heavy atom. The van der Waals surface area contributed by atoms with E-state index in [0.717, 1.165) is 0 Å². The topological polar surface area (TPSA) is 9.23 Å². The van der Waals surface area contributed by atoms with Crippen molar-refractivity contribution in [1.29, 1.82) is 0 Å². The van der Waals surface area contributed by atoms with Crippen LogP contribution < -0.4 is 0 Å². The lowest BCUT2D eigenvalue weighted by Gasteiger charge is -2.19. The van der Waals surface area contributed by atoms with Gasteiger partial charge in [-0.2, -0.15) is 0 Å². The molecular formula is C7H15ClO. The van der Waals surface area contributed by atoms with Crippen LogP contribution in [0, 0.1) is 5.92 Å². The summed E-state index contributed by atoms with van der Waals surface area (Å²) < 4.78 is 5.09. The van der Waals surface area contributed by atoms with Crippen LogP contribution in [0.2, 0.25) is 0 Å². The van der Waals surface area contributed by atoms with E-state index in [1.807, 2.05) is 13.8 Å². The predicted molar refractivity (Wildman–Crippen MR) is 41.0 cm³/mol. The normalized spacial score (nSPS) is 21.0. The van der Waals surface area contributed by atoms with Crippen molar-refractivity contribution < 1.29 is 4.74 Å². The second-order valence-corrected chi connectivity index (χ2v) is 3.17. The molecular weight excluding hydrogens is 136 g/mol. The summed E-state index contributed by atoms with van der Waals surface area (Å²) >= 11 is 5.82. The van der Waals surface area contributed by atoms with Gasteiger partial charge in [0.25, 0.3) is 0 Å². The second-order valence-electron chi connectivity index (χ2n) is 2.48. The highest BCUT2D eigenvalue weighted by atomic mass is 35.5. The Morgan fingerprint density at radius 2 is 1.67 bits per heavy atom. The van der Waals surface area contributed by atoms with Crippen LogP contribution in [0.4, 0.5) is 0 Å². The van der Waals surface area contributed by atoms with Gasteiger partial charge < -0.3 is 4.74 Å². The third kappa shape index (κ3) is 3.07. The first-order valence-electron chi connectivity index (χ1n) is 3.26. The van der Waals surface area contributed by atoms with Crippen molar-refractivity contribution in [2.24, 2.45) is 5.92 Å². The molecule has 9 heavy (non-hydrogen) atoms. The van der Waals surface area contributed by atoms with Crippen LogP contribution in [-0.4, -0.2) is 18.6 Å². The molecule has 0 N–H and O–H groups in total. The summed E-state index contributed by atoms with van der Waals surface area (Å²) in [6, 6.07) is 0. The van der Waals surface area contributed by atoms with E-state index in [-0.39, 0.29) is 11.5 Å². The van der Waals surface area contributed by atoms with E-state index in [4.69, 9.17) is 16.3 Å². The molecule has 0 heterocycles. The van der Waals surface area contributed by atoms with Crippen LogP contribution in [0.1, 0.15) is 20.8 Å². The molecule has 0 aromatic rings. The fraction of sp³-hybridized carbons (Fsp3) is 1.00. The first kappa shape index (κ1) is 9.25. The molecule has 0 aliphatic rings. The number of hydrogen-bond acceptors (Lipinski definition) is 1. The number of rotatable bonds is 3. The highest BCUT2D eigenvalue weighted by Crippen LogP contribution is 2.15. The van der Waals surface area contributed by atoms with Crippen LogP contribution in [0.5, 0.6) is 0 Å². The smallest absolute Gasteiger partial charge is 0.0582 e. The maximum absolute atomic E-state index is 5.82. The summed E-state index contributed by atoms with van der Waals surface area (Å²) in [6.07, 6.45) is 0.262. The Bertz CT molecular complexity index is 73.3. The van der Waals surface area contributed by atoms with E-state index in [1.165, 1.54) is 0 Å². The van der Waals surface area contributed by atoms with E-state index in [9.17, 15) is 0 Å². The van der Waals surface area contributed by atoms with Crippen LogP contribution >= 0.6 is 11.6 Å². The lowest BCUT2D eigenvalue weighted by Crippen LogP contribution is -2.22. The molecule has 3 unspecified atom stereocenters. The Hall–Kier alpha value is 0.250. The Morgan fingerprint density at radius 1 is 1.22 bits per heavy atom. The van der Waals surface area contributed by atoms with Gasteiger partial charge in [0.1, 0.15) is 0 Å². The van der Waals surface area contributed by atoms with E-state index in [2.05, 4.69) is 6.92 Å². The number of methoxy groups -OCH3 is 1. The molecule has 0 aromatic heterocycles. The largest absolute Gasteiger partial charge is 0.381 e. The van der Waals surface area contributed by atoms with Crippen LogP contribution in [0.3, 0.4) is 0 Å². The molecule has 0 saturated carbocycles. The maximum Gasteiger partial charge on any atom is 0.0582 e. The molecule has 0 saturated heterocycles. The van der Waals surface area contributed by atoms with Crippen molar-refractivity contribution in [2.45, 2.75) is 32.3 Å². The van der Waals surface area contributed by atoms with Gasteiger partial charge in [-0.25, -0.2) is 0 Å². The second kappa shape index (κ2) is 4.13. The summed E-state index contributed by atoms with van der Waals surface area (Å²) in [4.78, 5) is 0. The van der Waals surface area contributed by atoms with Crippen molar-refractivity contribution in [1.82, 2.24) is 0 Å². The third-order valence-corrected chi connectivity index (χ3v) is 2.23. The van der Waals surface area contributed by atoms with Gasteiger partial charge in [-0.15, -0.1) is 11.6 Å². The quantitative estimate of drug-likeness (QED) is 0.561. The number of alkyl halides is 1. The van der Waals surface area contributed by atoms with E-state index < -0.39 is 0 Å². The van der Waals surface area contributed by atoms with Gasteiger partial charge in [-0.05, 0) is 19.8 Å². The SMILES string of the molecule is COC(C)C(C)C(C)Cl. The fourth-order valence-corrected chi connectivity index (χ4v) is 0.793. The van der Waals surface area contributed by atoms with Gasteiger partial charge in [-0.3, -0.25) is 0 Å². The van der Waals surface area contributed by atoms with E-state index in [0.29, 0.717) is 5.92 Å². The summed E-state index contributed by atoms with van der Waals surface area (Å²) in [7, 11) is 1.71. The van der Waals surface area contributed by atoms with Crippen molar-refractivity contribution in [3.8, 4) is 0 Å². The summed E-state index contributed by atoms with van der Waals surface area (Å²) in [5.74, 6) is 0.427. The van der Waals surface area contributed by atoms with Gasteiger partial charge in [0.15, 0.2) is 0 Å². The van der Waals surface area contributed by atoms with Crippen LogP contribution in [-0.2, 0) is 4.74 Å². The van der Waals surface area contributed by atoms with Crippen LogP contribution in [0.15, 0.2) is 0 Å². The molecule has 0 rings (SSSR count). The zero-order valence-electron chi connectivity index (χ0n) is 6.52. The number of halogens is 1. The van der Waals surface area contributed by atoms with Crippen molar-refractivity contribution in [3.63, 3.8) is 0 Å². The Labute approximate surface area is 62.3 Å². The van der Waals surface area contributed by atoms with Gasteiger partial charge in [0, 0.05) is 12.5 Å². The lowest BCUT2D eigenvalue weighted by atomic mass is 10.0. The molecule has 0 spiro atoms. The molecule has 56 valence electrons. The molecule has 0 radical (unpaired) electrons. The predicted octanol–water partition coefficient (Wildman–Crippen LogP) is 2.28. The monoisotopic (exact) mass is 150 g/mol. The van der Waals surface area contributed by atoms with Gasteiger partial charge >= 0.3 is 0 Å². The molecule has 1 nitrogen and oxygen atoms in total. The third-order valence-electron chi connectivity index (χ3n) is 1.84. The standard InChI is InChI=1S/C7H15ClO/c1-5(6(2)8)7(3)9-4/h5-7H,1-4H3. The molecule has 0 bridgehead atoms. The number of ether oxygens (including phenoxy) is 1. The first-order chi connectivity index (χ1) is 4.09. The molecule has 0 aliphatic carbocycles. The van der Waals surface area contributed by atoms with Gasteiger partial charge in [-0.1, -0.05) is 6.92 Å². The zero-order chi connectivity index (χ0) is 7.44. The fourth-order valence-electron chi connectivity index (χ4n) is 0.588. The maximum atomic E-state index is 5.82. The molecule has 0 fully saturated rings. The van der Waals surface area contributed by atoms with Crippen molar-refractivity contribution >= 4 is 11.6 Å². The molecule has 3 atom stereocenters. The van der Waals surface area contributed by atoms with Crippen molar-refractivity contribution in [2.75, 3.05) is 7.11 Å². The highest BCUT2D eigenvalue weighted by Gasteiger charge is 2.15. The highest BCUT2D eigenvalue weighted by molar-refractivity contribution is 6.20. The first-order valence-corrected chi connectivity index (χ1v) is 3.70. The average Bonchev–Trinajstić information content (AvgIpc) is 1.84. The minimum atomic E-state index is 0.194. The summed E-state index contributed by atoms with van der Waals surface area (Å²) in [5, 5.41) is 0.194. The summed E-state index contributed by atoms with van der Waals surface area (Å²) in [5.41, 5.74) is 0. The summed E-state index contributed by atoms with van der Waals surface area (Å²) in [6.45, 7) is 6.11. The van der Waals surface area contributed by atoms with E-state index in [1.54, 1.807) is 7.11 Å². The minimum absolute atomic E-state index is 0.194. The lowest BCUT2D eigenvalue weighted by molar-refractivity contribution is 0.0737. The van der Waals surface area contributed by atoms with E-state index >= 15 is 0 Å². The molecule has 2 heteroatoms. The van der Waals surface area contributed by atoms with Crippen LogP contribution in [0.25, 0.3) is 0 Å². The molecule has 0 aliphatic heterocycles. The Kier molecular flexibility index (Phi) is 4.24. The molecule has 0 amide bonds.